The van der Waals surface area contributed by atoms with Crippen molar-refractivity contribution in [2.45, 2.75) is 52.6 Å². The number of ether oxygens (including phenoxy) is 1. The Hall–Kier alpha value is -2.82. The molecule has 3 rings (SSSR count). The smallest absolute Gasteiger partial charge is 0.229 e. The molecule has 0 aromatic heterocycles. The number of nitrogens with one attached hydrogen (secondary N) is 1. The van der Waals surface area contributed by atoms with Crippen molar-refractivity contribution in [3.8, 4) is 5.75 Å². The van der Waals surface area contributed by atoms with Gasteiger partial charge in [-0.15, -0.1) is 0 Å². The topological polar surface area (TPSA) is 58.6 Å². The highest BCUT2D eigenvalue weighted by molar-refractivity contribution is 6.03. The van der Waals surface area contributed by atoms with Gasteiger partial charge in [-0.25, -0.2) is 0 Å². The van der Waals surface area contributed by atoms with Gasteiger partial charge in [0.2, 0.25) is 11.8 Å². The third-order valence-electron chi connectivity index (χ3n) is 5.03. The molecule has 5 nitrogen and oxygen atoms in total. The maximum absolute atomic E-state index is 12.7. The molecule has 0 bridgehead atoms. The summed E-state index contributed by atoms with van der Waals surface area (Å²) in [6, 6.07) is 15.3. The summed E-state index contributed by atoms with van der Waals surface area (Å²) in [4.78, 5) is 26.9. The SMILES string of the molecule is CC(C)Oc1ccc(NC(=O)C2CC(=O)N(c3ccc(C(C)(C)C)cc3)C2)cc1. The van der Waals surface area contributed by atoms with Crippen LogP contribution in [0.3, 0.4) is 0 Å². The minimum absolute atomic E-state index is 0.0191. The summed E-state index contributed by atoms with van der Waals surface area (Å²) < 4.78 is 5.62. The Morgan fingerprint density at radius 2 is 1.69 bits per heavy atom. The summed E-state index contributed by atoms with van der Waals surface area (Å²) in [7, 11) is 0. The van der Waals surface area contributed by atoms with Crippen molar-refractivity contribution >= 4 is 23.2 Å². The van der Waals surface area contributed by atoms with Crippen LogP contribution in [-0.2, 0) is 15.0 Å². The summed E-state index contributed by atoms with van der Waals surface area (Å²) >= 11 is 0. The Morgan fingerprint density at radius 3 is 2.24 bits per heavy atom. The van der Waals surface area contributed by atoms with Crippen LogP contribution in [0.1, 0.15) is 46.6 Å². The lowest BCUT2D eigenvalue weighted by Gasteiger charge is -2.21. The Bertz CT molecular complexity index is 864. The van der Waals surface area contributed by atoms with Crippen LogP contribution >= 0.6 is 0 Å². The van der Waals surface area contributed by atoms with Gasteiger partial charge in [0.1, 0.15) is 5.75 Å². The fourth-order valence-electron chi connectivity index (χ4n) is 3.41. The molecule has 1 saturated heterocycles. The van der Waals surface area contributed by atoms with Gasteiger partial charge < -0.3 is 15.0 Å². The number of rotatable bonds is 5. The summed E-state index contributed by atoms with van der Waals surface area (Å²) in [5.74, 6) is 0.245. The van der Waals surface area contributed by atoms with E-state index in [9.17, 15) is 9.59 Å². The van der Waals surface area contributed by atoms with E-state index in [-0.39, 0.29) is 35.7 Å². The molecule has 0 spiro atoms. The fourth-order valence-corrected chi connectivity index (χ4v) is 3.41. The van der Waals surface area contributed by atoms with Crippen molar-refractivity contribution in [1.82, 2.24) is 0 Å². The van der Waals surface area contributed by atoms with Crippen LogP contribution in [0.2, 0.25) is 0 Å². The van der Waals surface area contributed by atoms with Crippen LogP contribution in [0.25, 0.3) is 0 Å². The first-order valence-corrected chi connectivity index (χ1v) is 10.1. The first kappa shape index (κ1) is 20.9. The van der Waals surface area contributed by atoms with E-state index in [1.807, 2.05) is 50.2 Å². The average molecular weight is 395 g/mol. The van der Waals surface area contributed by atoms with Gasteiger partial charge in [0, 0.05) is 24.3 Å². The van der Waals surface area contributed by atoms with E-state index >= 15 is 0 Å². The van der Waals surface area contributed by atoms with E-state index in [1.165, 1.54) is 5.56 Å². The van der Waals surface area contributed by atoms with Crippen LogP contribution in [0.5, 0.6) is 5.75 Å². The van der Waals surface area contributed by atoms with Crippen molar-refractivity contribution in [1.29, 1.82) is 0 Å². The Kier molecular flexibility index (Phi) is 5.96. The number of anilines is 2. The fraction of sp³-hybridized carbons (Fsp3) is 0.417. The van der Waals surface area contributed by atoms with Crippen LogP contribution < -0.4 is 15.0 Å². The number of carbonyl (C=O) groups is 2. The molecule has 2 aromatic carbocycles. The van der Waals surface area contributed by atoms with Crippen molar-refractivity contribution < 1.29 is 14.3 Å². The molecule has 1 aliphatic rings. The van der Waals surface area contributed by atoms with Gasteiger partial charge in [0.05, 0.1) is 12.0 Å². The van der Waals surface area contributed by atoms with Crippen LogP contribution in [-0.4, -0.2) is 24.5 Å². The molecule has 1 fully saturated rings. The van der Waals surface area contributed by atoms with Gasteiger partial charge in [-0.2, -0.15) is 0 Å². The average Bonchev–Trinajstić information content (AvgIpc) is 3.04. The van der Waals surface area contributed by atoms with E-state index in [1.54, 1.807) is 4.90 Å². The molecule has 1 N–H and O–H groups in total. The number of amides is 2. The molecule has 0 saturated carbocycles. The molecule has 29 heavy (non-hydrogen) atoms. The third-order valence-corrected chi connectivity index (χ3v) is 5.03. The third kappa shape index (κ3) is 5.17. The van der Waals surface area contributed by atoms with Gasteiger partial charge in [-0.3, -0.25) is 9.59 Å². The molecular formula is C24H30N2O3. The van der Waals surface area contributed by atoms with E-state index in [2.05, 4.69) is 38.2 Å². The molecule has 1 unspecified atom stereocenters. The van der Waals surface area contributed by atoms with Gasteiger partial charge in [-0.1, -0.05) is 32.9 Å². The highest BCUT2D eigenvalue weighted by atomic mass is 16.5. The molecule has 0 aliphatic carbocycles. The molecule has 1 heterocycles. The summed E-state index contributed by atoms with van der Waals surface area (Å²) in [5.41, 5.74) is 2.82. The van der Waals surface area contributed by atoms with E-state index in [4.69, 9.17) is 4.74 Å². The zero-order valence-electron chi connectivity index (χ0n) is 17.9. The maximum Gasteiger partial charge on any atom is 0.229 e. The quantitative estimate of drug-likeness (QED) is 0.795. The van der Waals surface area contributed by atoms with Gasteiger partial charge in [0.25, 0.3) is 0 Å². The molecule has 2 amide bonds. The van der Waals surface area contributed by atoms with E-state index in [0.717, 1.165) is 11.4 Å². The van der Waals surface area contributed by atoms with E-state index < -0.39 is 0 Å². The minimum Gasteiger partial charge on any atom is -0.491 e. The lowest BCUT2D eigenvalue weighted by molar-refractivity contribution is -0.122. The lowest BCUT2D eigenvalue weighted by atomic mass is 9.87. The molecule has 2 aromatic rings. The lowest BCUT2D eigenvalue weighted by Crippen LogP contribution is -2.28. The summed E-state index contributed by atoms with van der Waals surface area (Å²) in [5, 5.41) is 2.91. The largest absolute Gasteiger partial charge is 0.491 e. The van der Waals surface area contributed by atoms with Crippen LogP contribution in [0.15, 0.2) is 48.5 Å². The van der Waals surface area contributed by atoms with Crippen molar-refractivity contribution in [3.63, 3.8) is 0 Å². The Labute approximate surface area is 173 Å². The molecule has 1 atom stereocenters. The standard InChI is InChI=1S/C24H30N2O3/c1-16(2)29-21-12-8-19(9-13-21)25-23(28)17-14-22(27)26(15-17)20-10-6-18(7-11-20)24(3,4)5/h6-13,16-17H,14-15H2,1-5H3,(H,25,28). The second-order valence-corrected chi connectivity index (χ2v) is 8.88. The highest BCUT2D eigenvalue weighted by Crippen LogP contribution is 2.29. The zero-order chi connectivity index (χ0) is 21.2. The summed E-state index contributed by atoms with van der Waals surface area (Å²) in [6.07, 6.45) is 0.324. The second-order valence-electron chi connectivity index (χ2n) is 8.88. The molecule has 154 valence electrons. The van der Waals surface area contributed by atoms with Crippen molar-refractivity contribution in [3.05, 3.63) is 54.1 Å². The zero-order valence-corrected chi connectivity index (χ0v) is 17.9. The maximum atomic E-state index is 12.7. The number of hydrogen-bond donors (Lipinski definition) is 1. The first-order chi connectivity index (χ1) is 13.6. The van der Waals surface area contributed by atoms with Crippen LogP contribution in [0, 0.1) is 5.92 Å². The highest BCUT2D eigenvalue weighted by Gasteiger charge is 2.35. The van der Waals surface area contributed by atoms with Gasteiger partial charge in [0.15, 0.2) is 0 Å². The number of benzene rings is 2. The molecule has 0 radical (unpaired) electrons. The monoisotopic (exact) mass is 394 g/mol. The van der Waals surface area contributed by atoms with Crippen LogP contribution in [0.4, 0.5) is 11.4 Å². The van der Waals surface area contributed by atoms with Crippen molar-refractivity contribution in [2.75, 3.05) is 16.8 Å². The predicted octanol–water partition coefficient (Wildman–Crippen LogP) is 4.76. The second kappa shape index (κ2) is 8.27. The molecule has 1 aliphatic heterocycles. The number of hydrogen-bond acceptors (Lipinski definition) is 3. The van der Waals surface area contributed by atoms with E-state index in [0.29, 0.717) is 12.2 Å². The summed E-state index contributed by atoms with van der Waals surface area (Å²) in [6.45, 7) is 10.8. The Morgan fingerprint density at radius 1 is 1.07 bits per heavy atom. The van der Waals surface area contributed by atoms with Crippen molar-refractivity contribution in [2.24, 2.45) is 5.92 Å². The number of carbonyl (C=O) groups excluding carboxylic acids is 2. The van der Waals surface area contributed by atoms with Gasteiger partial charge >= 0.3 is 0 Å². The minimum atomic E-state index is -0.364. The van der Waals surface area contributed by atoms with Gasteiger partial charge in [-0.05, 0) is 61.2 Å². The predicted molar refractivity (Wildman–Crippen MR) is 116 cm³/mol. The molecular weight excluding hydrogens is 364 g/mol. The normalized spacial score (nSPS) is 17.0. The number of nitrogens with zero attached hydrogens (tertiary/aromatic N) is 1. The Balaban J connectivity index is 1.63. The molecule has 5 heteroatoms. The first-order valence-electron chi connectivity index (χ1n) is 10.1.